The third kappa shape index (κ3) is 3.84. The molecule has 2 heterocycles. The molecule has 9 nitrogen and oxygen atoms in total. The average Bonchev–Trinajstić information content (AvgIpc) is 3.23. The summed E-state index contributed by atoms with van der Waals surface area (Å²) in [4.78, 5) is 16.3. The lowest BCUT2D eigenvalue weighted by molar-refractivity contribution is 0.385. The second kappa shape index (κ2) is 7.30. The molecule has 0 unspecified atom stereocenters. The molecular formula is C19H18N4O5S. The van der Waals surface area contributed by atoms with E-state index >= 15 is 0 Å². The van der Waals surface area contributed by atoms with Crippen molar-refractivity contribution >= 4 is 21.1 Å². The first kappa shape index (κ1) is 19.1. The van der Waals surface area contributed by atoms with E-state index in [0.29, 0.717) is 17.2 Å². The number of nitrogens with zero attached hydrogens (tertiary/aromatic N) is 3. The summed E-state index contributed by atoms with van der Waals surface area (Å²) in [6.45, 7) is 3.78. The molecule has 0 radical (unpaired) electrons. The lowest BCUT2D eigenvalue weighted by Gasteiger charge is -2.09. The van der Waals surface area contributed by atoms with Gasteiger partial charge in [0.1, 0.15) is 0 Å². The summed E-state index contributed by atoms with van der Waals surface area (Å²) < 4.78 is 39.4. The van der Waals surface area contributed by atoms with Crippen molar-refractivity contribution < 1.29 is 17.4 Å². The zero-order chi connectivity index (χ0) is 20.6. The van der Waals surface area contributed by atoms with E-state index in [-0.39, 0.29) is 23.6 Å². The quantitative estimate of drug-likeness (QED) is 0.513. The molecule has 0 aliphatic heterocycles. The van der Waals surface area contributed by atoms with Crippen LogP contribution in [0.1, 0.15) is 22.8 Å². The van der Waals surface area contributed by atoms with Crippen LogP contribution in [-0.4, -0.2) is 23.1 Å². The van der Waals surface area contributed by atoms with Gasteiger partial charge in [-0.1, -0.05) is 29.4 Å². The van der Waals surface area contributed by atoms with Crippen LogP contribution in [0.25, 0.3) is 11.1 Å². The Kier molecular flexibility index (Phi) is 4.81. The van der Waals surface area contributed by atoms with Gasteiger partial charge in [0.15, 0.2) is 11.4 Å². The molecule has 0 bridgehead atoms. The number of hydrogen-bond donors (Lipinski definition) is 1. The van der Waals surface area contributed by atoms with Gasteiger partial charge in [0.25, 0.3) is 0 Å². The number of nitrogens with one attached hydrogen (secondary N) is 1. The number of rotatable bonds is 6. The fourth-order valence-corrected chi connectivity index (χ4v) is 4.00. The van der Waals surface area contributed by atoms with Gasteiger partial charge in [-0.25, -0.2) is 17.9 Å². The van der Waals surface area contributed by atoms with Gasteiger partial charge in [-0.05, 0) is 30.2 Å². The van der Waals surface area contributed by atoms with Gasteiger partial charge in [-0.2, -0.15) is 4.98 Å². The highest BCUT2D eigenvalue weighted by Crippen LogP contribution is 2.19. The Morgan fingerprint density at radius 2 is 1.93 bits per heavy atom. The van der Waals surface area contributed by atoms with Crippen LogP contribution in [0.2, 0.25) is 0 Å². The van der Waals surface area contributed by atoms with Crippen LogP contribution in [0, 0.1) is 13.8 Å². The largest absolute Gasteiger partial charge is 0.420 e. The van der Waals surface area contributed by atoms with Crippen LogP contribution in [0.5, 0.6) is 0 Å². The van der Waals surface area contributed by atoms with E-state index in [1.54, 1.807) is 6.92 Å². The summed E-state index contributed by atoms with van der Waals surface area (Å²) in [5, 5.41) is 3.76. The SMILES string of the molecule is Cc1nc(Cn2c(=O)oc3cc(S(=O)(=O)NCc4ccccc4C)ccc32)no1. The summed E-state index contributed by atoms with van der Waals surface area (Å²) >= 11 is 0. The maximum Gasteiger partial charge on any atom is 0.420 e. The minimum atomic E-state index is -3.79. The number of aromatic nitrogens is 3. The number of fused-ring (bicyclic) bond motifs is 1. The molecule has 4 rings (SSSR count). The molecule has 0 saturated carbocycles. The highest BCUT2D eigenvalue weighted by atomic mass is 32.2. The maximum atomic E-state index is 12.7. The van der Waals surface area contributed by atoms with Gasteiger partial charge in [0.05, 0.1) is 17.0 Å². The standard InChI is InChI=1S/C19H18N4O5S/c1-12-5-3-4-6-14(12)10-20-29(25,26)15-7-8-16-17(9-15)27-19(24)23(16)11-18-21-13(2)28-22-18/h3-9,20H,10-11H2,1-2H3. The first-order valence-corrected chi connectivity index (χ1v) is 10.3. The average molecular weight is 414 g/mol. The first-order chi connectivity index (χ1) is 13.8. The molecule has 2 aromatic heterocycles. The number of hydrogen-bond acceptors (Lipinski definition) is 7. The second-order valence-corrected chi connectivity index (χ2v) is 8.33. The molecule has 0 atom stereocenters. The number of aryl methyl sites for hydroxylation is 2. The zero-order valence-electron chi connectivity index (χ0n) is 15.7. The van der Waals surface area contributed by atoms with Crippen molar-refractivity contribution in [2.24, 2.45) is 0 Å². The third-order valence-corrected chi connectivity index (χ3v) is 5.93. The molecule has 0 spiro atoms. The summed E-state index contributed by atoms with van der Waals surface area (Å²) in [7, 11) is -3.79. The molecule has 1 N–H and O–H groups in total. The summed E-state index contributed by atoms with van der Waals surface area (Å²) in [5.41, 5.74) is 2.47. The minimum absolute atomic E-state index is 0.00916. The molecule has 29 heavy (non-hydrogen) atoms. The van der Waals surface area contributed by atoms with Crippen molar-refractivity contribution in [3.05, 3.63) is 75.9 Å². The molecule has 0 fully saturated rings. The van der Waals surface area contributed by atoms with Crippen molar-refractivity contribution in [1.82, 2.24) is 19.4 Å². The van der Waals surface area contributed by atoms with E-state index < -0.39 is 15.8 Å². The Hall–Kier alpha value is -3.24. The van der Waals surface area contributed by atoms with Crippen LogP contribution in [0.3, 0.4) is 0 Å². The molecule has 0 aliphatic rings. The molecule has 0 amide bonds. The molecule has 0 aliphatic carbocycles. The van der Waals surface area contributed by atoms with Crippen molar-refractivity contribution in [3.8, 4) is 0 Å². The fourth-order valence-electron chi connectivity index (χ4n) is 2.98. The van der Waals surface area contributed by atoms with Crippen LogP contribution >= 0.6 is 0 Å². The zero-order valence-corrected chi connectivity index (χ0v) is 16.6. The molecular weight excluding hydrogens is 396 g/mol. The number of oxazole rings is 1. The van der Waals surface area contributed by atoms with Gasteiger partial charge in [-0.15, -0.1) is 0 Å². The van der Waals surface area contributed by atoms with E-state index in [1.165, 1.54) is 22.8 Å². The number of sulfonamides is 1. The van der Waals surface area contributed by atoms with Crippen LogP contribution < -0.4 is 10.5 Å². The third-order valence-electron chi connectivity index (χ3n) is 4.53. The Bertz CT molecular complexity index is 1350. The van der Waals surface area contributed by atoms with Gasteiger partial charge in [0.2, 0.25) is 15.9 Å². The van der Waals surface area contributed by atoms with Crippen molar-refractivity contribution in [3.63, 3.8) is 0 Å². The predicted molar refractivity (Wildman–Crippen MR) is 104 cm³/mol. The minimum Gasteiger partial charge on any atom is -0.408 e. The molecule has 0 saturated heterocycles. The van der Waals surface area contributed by atoms with E-state index in [0.717, 1.165) is 11.1 Å². The molecule has 2 aromatic carbocycles. The van der Waals surface area contributed by atoms with Gasteiger partial charge >= 0.3 is 5.76 Å². The van der Waals surface area contributed by atoms with Crippen molar-refractivity contribution in [2.75, 3.05) is 0 Å². The van der Waals surface area contributed by atoms with E-state index in [1.807, 2.05) is 31.2 Å². The van der Waals surface area contributed by atoms with E-state index in [4.69, 9.17) is 8.94 Å². The monoisotopic (exact) mass is 414 g/mol. The summed E-state index contributed by atoms with van der Waals surface area (Å²) in [5.74, 6) is 0.0720. The van der Waals surface area contributed by atoms with Gasteiger partial charge < -0.3 is 8.94 Å². The number of benzene rings is 2. The van der Waals surface area contributed by atoms with Crippen molar-refractivity contribution in [2.45, 2.75) is 31.8 Å². The smallest absolute Gasteiger partial charge is 0.408 e. The second-order valence-electron chi connectivity index (χ2n) is 6.56. The maximum absolute atomic E-state index is 12.7. The van der Waals surface area contributed by atoms with Crippen molar-refractivity contribution in [1.29, 1.82) is 0 Å². The summed E-state index contributed by atoms with van der Waals surface area (Å²) in [6, 6.07) is 11.8. The molecule has 150 valence electrons. The van der Waals surface area contributed by atoms with E-state index in [9.17, 15) is 13.2 Å². The predicted octanol–water partition coefficient (Wildman–Crippen LogP) is 2.12. The summed E-state index contributed by atoms with van der Waals surface area (Å²) in [6.07, 6.45) is 0. The normalized spacial score (nSPS) is 11.9. The lowest BCUT2D eigenvalue weighted by Crippen LogP contribution is -2.23. The van der Waals surface area contributed by atoms with Crippen LogP contribution in [0.15, 0.2) is 61.1 Å². The van der Waals surface area contributed by atoms with Gasteiger partial charge in [0, 0.05) is 19.5 Å². The molecule has 4 aromatic rings. The Morgan fingerprint density at radius 3 is 2.66 bits per heavy atom. The Balaban J connectivity index is 1.61. The Morgan fingerprint density at radius 1 is 1.14 bits per heavy atom. The fraction of sp³-hybridized carbons (Fsp3) is 0.211. The highest BCUT2D eigenvalue weighted by molar-refractivity contribution is 7.89. The van der Waals surface area contributed by atoms with E-state index in [2.05, 4.69) is 14.9 Å². The Labute approximate surface area is 166 Å². The van der Waals surface area contributed by atoms with Crippen LogP contribution in [0.4, 0.5) is 0 Å². The molecule has 10 heteroatoms. The lowest BCUT2D eigenvalue weighted by atomic mass is 10.1. The topological polar surface area (TPSA) is 120 Å². The highest BCUT2D eigenvalue weighted by Gasteiger charge is 2.18. The van der Waals surface area contributed by atoms with Crippen LogP contribution in [-0.2, 0) is 23.1 Å². The first-order valence-electron chi connectivity index (χ1n) is 8.80. The van der Waals surface area contributed by atoms with Gasteiger partial charge in [-0.3, -0.25) is 4.57 Å².